The Balaban J connectivity index is 2.03. The number of hydrogen-bond donors (Lipinski definition) is 1. The Morgan fingerprint density at radius 2 is 1.57 bits per heavy atom. The summed E-state index contributed by atoms with van der Waals surface area (Å²) in [7, 11) is -3.39. The number of aromatic amines is 1. The molecule has 0 spiro atoms. The number of azo groups is 1. The van der Waals surface area contributed by atoms with Gasteiger partial charge in [-0.05, 0) is 31.2 Å². The summed E-state index contributed by atoms with van der Waals surface area (Å²) < 4.78 is 62.9. The van der Waals surface area contributed by atoms with Crippen molar-refractivity contribution >= 4 is 21.2 Å². The van der Waals surface area contributed by atoms with Crippen molar-refractivity contribution in [3.63, 3.8) is 0 Å². The van der Waals surface area contributed by atoms with E-state index in [4.69, 9.17) is 0 Å². The van der Waals surface area contributed by atoms with Gasteiger partial charge in [-0.3, -0.25) is 5.10 Å². The molecular weight excluding hydrogens is 393 g/mol. The molecule has 3 aromatic rings. The third kappa shape index (κ3) is 4.28. The molecule has 28 heavy (non-hydrogen) atoms. The first kappa shape index (κ1) is 19.7. The van der Waals surface area contributed by atoms with Crippen molar-refractivity contribution in [3.05, 3.63) is 59.8 Å². The summed E-state index contributed by atoms with van der Waals surface area (Å²) in [6.07, 6.45) is -3.64. The number of aromatic nitrogens is 2. The zero-order valence-corrected chi connectivity index (χ0v) is 15.6. The van der Waals surface area contributed by atoms with Crippen LogP contribution in [0, 0.1) is 6.92 Å². The lowest BCUT2D eigenvalue weighted by Gasteiger charge is -2.05. The van der Waals surface area contributed by atoms with Crippen molar-refractivity contribution in [1.82, 2.24) is 10.2 Å². The predicted octanol–water partition coefficient (Wildman–Crippen LogP) is 5.22. The highest BCUT2D eigenvalue weighted by Gasteiger charge is 2.38. The number of rotatable bonds is 4. The molecule has 1 N–H and O–H groups in total. The summed E-state index contributed by atoms with van der Waals surface area (Å²) in [5.74, 6) is 0. The molecule has 0 unspecified atom stereocenters. The van der Waals surface area contributed by atoms with E-state index in [1.54, 1.807) is 24.3 Å². The van der Waals surface area contributed by atoms with Crippen LogP contribution in [0.5, 0.6) is 0 Å². The highest BCUT2D eigenvalue weighted by molar-refractivity contribution is 7.90. The summed E-state index contributed by atoms with van der Waals surface area (Å²) in [6.45, 7) is 1.86. The van der Waals surface area contributed by atoms with Gasteiger partial charge in [0.05, 0.1) is 10.6 Å². The Labute approximate surface area is 159 Å². The van der Waals surface area contributed by atoms with Crippen LogP contribution in [0.3, 0.4) is 0 Å². The highest BCUT2D eigenvalue weighted by Crippen LogP contribution is 2.41. The van der Waals surface area contributed by atoms with Gasteiger partial charge in [-0.25, -0.2) is 8.42 Å². The zero-order valence-electron chi connectivity index (χ0n) is 14.8. The van der Waals surface area contributed by atoms with Gasteiger partial charge >= 0.3 is 6.18 Å². The van der Waals surface area contributed by atoms with Gasteiger partial charge in [-0.2, -0.15) is 23.4 Å². The van der Waals surface area contributed by atoms with Crippen molar-refractivity contribution in [2.75, 3.05) is 6.26 Å². The largest absolute Gasteiger partial charge is 0.435 e. The fourth-order valence-electron chi connectivity index (χ4n) is 2.41. The van der Waals surface area contributed by atoms with E-state index in [9.17, 15) is 21.6 Å². The summed E-state index contributed by atoms with van der Waals surface area (Å²) in [4.78, 5) is 0.0751. The van der Waals surface area contributed by atoms with Gasteiger partial charge < -0.3 is 0 Å². The molecule has 6 nitrogen and oxygen atoms in total. The van der Waals surface area contributed by atoms with Crippen molar-refractivity contribution in [1.29, 1.82) is 0 Å². The molecule has 0 atom stereocenters. The van der Waals surface area contributed by atoms with Gasteiger partial charge in [0.25, 0.3) is 0 Å². The Hall–Kier alpha value is -3.01. The standard InChI is InChI=1S/C18H15F3N4O2S/c1-11-3-5-12(6-4-11)15-16(17(25-23-15)18(19,20)21)24-22-13-7-9-14(10-8-13)28(2,26)27/h3-10H,1-2H3,(H,23,25). The van der Waals surface area contributed by atoms with Crippen LogP contribution in [0.2, 0.25) is 0 Å². The topological polar surface area (TPSA) is 87.5 Å². The van der Waals surface area contributed by atoms with Crippen LogP contribution in [0.1, 0.15) is 11.3 Å². The minimum Gasteiger partial charge on any atom is -0.271 e. The van der Waals surface area contributed by atoms with E-state index >= 15 is 0 Å². The number of nitrogens with zero attached hydrogens (tertiary/aromatic N) is 3. The van der Waals surface area contributed by atoms with Crippen molar-refractivity contribution in [2.45, 2.75) is 18.0 Å². The molecule has 2 aromatic carbocycles. The predicted molar refractivity (Wildman–Crippen MR) is 97.5 cm³/mol. The van der Waals surface area contributed by atoms with Gasteiger partial charge in [0.2, 0.25) is 0 Å². The van der Waals surface area contributed by atoms with Crippen LogP contribution in [0.25, 0.3) is 11.3 Å². The molecule has 0 amide bonds. The van der Waals surface area contributed by atoms with Crippen LogP contribution in [-0.2, 0) is 16.0 Å². The molecule has 0 bridgehead atoms. The van der Waals surface area contributed by atoms with Crippen LogP contribution in [0.15, 0.2) is 63.7 Å². The van der Waals surface area contributed by atoms with E-state index in [1.807, 2.05) is 12.0 Å². The number of sulfone groups is 1. The highest BCUT2D eigenvalue weighted by atomic mass is 32.2. The van der Waals surface area contributed by atoms with Crippen LogP contribution in [-0.4, -0.2) is 24.9 Å². The summed E-state index contributed by atoms with van der Waals surface area (Å²) in [5.41, 5.74) is 0.0757. The molecular formula is C18H15F3N4O2S. The fraction of sp³-hybridized carbons (Fsp3) is 0.167. The maximum atomic E-state index is 13.3. The van der Waals surface area contributed by atoms with Crippen LogP contribution < -0.4 is 0 Å². The molecule has 1 aromatic heterocycles. The number of aryl methyl sites for hydroxylation is 1. The third-order valence-electron chi connectivity index (χ3n) is 3.88. The monoisotopic (exact) mass is 408 g/mol. The number of benzene rings is 2. The van der Waals surface area contributed by atoms with Gasteiger partial charge in [-0.1, -0.05) is 29.8 Å². The number of H-pyrrole nitrogens is 1. The Kier molecular flexibility index (Phi) is 5.07. The summed E-state index contributed by atoms with van der Waals surface area (Å²) in [6, 6.07) is 12.1. The average Bonchev–Trinajstić information content (AvgIpc) is 3.04. The summed E-state index contributed by atoms with van der Waals surface area (Å²) in [5, 5.41) is 13.3. The molecule has 146 valence electrons. The molecule has 1 heterocycles. The number of hydrogen-bond acceptors (Lipinski definition) is 5. The van der Waals surface area contributed by atoms with E-state index in [-0.39, 0.29) is 16.3 Å². The van der Waals surface area contributed by atoms with Gasteiger partial charge in [-0.15, -0.1) is 5.11 Å². The molecule has 0 aliphatic rings. The average molecular weight is 408 g/mol. The maximum Gasteiger partial charge on any atom is 0.435 e. The SMILES string of the molecule is Cc1ccc(-c2n[nH]c(C(F)(F)F)c2N=Nc2ccc(S(C)(=O)=O)cc2)cc1. The third-order valence-corrected chi connectivity index (χ3v) is 5.01. The van der Waals surface area contributed by atoms with E-state index in [2.05, 4.69) is 15.3 Å². The number of halogens is 3. The first-order chi connectivity index (χ1) is 13.1. The van der Waals surface area contributed by atoms with Crippen LogP contribution >= 0.6 is 0 Å². The van der Waals surface area contributed by atoms with Gasteiger partial charge in [0.1, 0.15) is 11.4 Å². The number of alkyl halides is 3. The Bertz CT molecular complexity index is 1120. The smallest absolute Gasteiger partial charge is 0.271 e. The van der Waals surface area contributed by atoms with E-state index in [0.717, 1.165) is 11.8 Å². The minimum absolute atomic E-state index is 0.0174. The quantitative estimate of drug-likeness (QED) is 0.600. The van der Waals surface area contributed by atoms with E-state index in [0.29, 0.717) is 5.56 Å². The molecule has 10 heteroatoms. The second-order valence-corrected chi connectivity index (χ2v) is 8.14. The molecule has 0 aliphatic carbocycles. The molecule has 0 saturated heterocycles. The minimum atomic E-state index is -4.69. The van der Waals surface area contributed by atoms with Crippen molar-refractivity contribution in [3.8, 4) is 11.3 Å². The molecule has 0 radical (unpaired) electrons. The molecule has 0 saturated carbocycles. The number of nitrogens with one attached hydrogen (secondary N) is 1. The summed E-state index contributed by atoms with van der Waals surface area (Å²) >= 11 is 0. The van der Waals surface area contributed by atoms with E-state index < -0.39 is 27.4 Å². The first-order valence-electron chi connectivity index (χ1n) is 8.00. The molecule has 3 rings (SSSR count). The lowest BCUT2D eigenvalue weighted by Crippen LogP contribution is -2.05. The molecule has 0 aliphatic heterocycles. The second-order valence-electron chi connectivity index (χ2n) is 6.13. The fourth-order valence-corrected chi connectivity index (χ4v) is 3.04. The molecule has 0 fully saturated rings. The second kappa shape index (κ2) is 7.19. The van der Waals surface area contributed by atoms with Crippen molar-refractivity contribution < 1.29 is 21.6 Å². The van der Waals surface area contributed by atoms with E-state index in [1.165, 1.54) is 24.3 Å². The van der Waals surface area contributed by atoms with Crippen LogP contribution in [0.4, 0.5) is 24.5 Å². The van der Waals surface area contributed by atoms with Crippen molar-refractivity contribution in [2.24, 2.45) is 10.2 Å². The maximum absolute atomic E-state index is 13.3. The first-order valence-corrected chi connectivity index (χ1v) is 9.89. The Morgan fingerprint density at radius 1 is 0.964 bits per heavy atom. The van der Waals surface area contributed by atoms with Gasteiger partial charge in [0, 0.05) is 11.8 Å². The van der Waals surface area contributed by atoms with Gasteiger partial charge in [0.15, 0.2) is 15.5 Å². The normalized spacial score (nSPS) is 12.6. The lowest BCUT2D eigenvalue weighted by molar-refractivity contribution is -0.140. The lowest BCUT2D eigenvalue weighted by atomic mass is 10.1. The Morgan fingerprint density at radius 3 is 2.11 bits per heavy atom. The zero-order chi connectivity index (χ0) is 20.5.